The van der Waals surface area contributed by atoms with E-state index in [0.717, 1.165) is 5.56 Å². The Morgan fingerprint density at radius 2 is 2.04 bits per heavy atom. The number of aromatic amines is 2. The van der Waals surface area contributed by atoms with E-state index in [1.807, 2.05) is 0 Å². The number of amides is 1. The van der Waals surface area contributed by atoms with E-state index in [9.17, 15) is 14.4 Å². The summed E-state index contributed by atoms with van der Waals surface area (Å²) in [5.41, 5.74) is 0.688. The second kappa shape index (κ2) is 7.05. The number of hydrogen-bond acceptors (Lipinski definition) is 6. The van der Waals surface area contributed by atoms with Crippen molar-refractivity contribution in [2.45, 2.75) is 58.2 Å². The van der Waals surface area contributed by atoms with Crippen LogP contribution in [-0.4, -0.2) is 50.2 Å². The van der Waals surface area contributed by atoms with Crippen molar-refractivity contribution in [2.24, 2.45) is 0 Å². The molecule has 2 aromatic heterocycles. The van der Waals surface area contributed by atoms with Gasteiger partial charge in [-0.25, -0.2) is 9.78 Å². The van der Waals surface area contributed by atoms with E-state index < -0.39 is 17.7 Å². The van der Waals surface area contributed by atoms with E-state index >= 15 is 0 Å². The number of aromatic nitrogens is 3. The molecule has 9 heteroatoms. The molecule has 0 aromatic carbocycles. The number of hydrogen-bond donors (Lipinski definition) is 2. The first-order valence-corrected chi connectivity index (χ1v) is 8.86. The molecule has 9 nitrogen and oxygen atoms in total. The summed E-state index contributed by atoms with van der Waals surface area (Å²) in [5, 5.41) is 0. The Morgan fingerprint density at radius 1 is 1.30 bits per heavy atom. The molecule has 1 amide bonds. The van der Waals surface area contributed by atoms with Gasteiger partial charge in [-0.05, 0) is 33.6 Å². The number of H-pyrrole nitrogens is 2. The highest BCUT2D eigenvalue weighted by molar-refractivity contribution is 5.79. The minimum atomic E-state index is -0.661. The van der Waals surface area contributed by atoms with Crippen LogP contribution in [0.4, 0.5) is 4.79 Å². The van der Waals surface area contributed by atoms with Crippen LogP contribution in [0, 0.1) is 0 Å². The lowest BCUT2D eigenvalue weighted by molar-refractivity contribution is -0.142. The number of ether oxygens (including phenoxy) is 2. The number of rotatable bonds is 3. The molecule has 2 aromatic rings. The summed E-state index contributed by atoms with van der Waals surface area (Å²) in [5.74, 6) is -0.400. The van der Waals surface area contributed by atoms with E-state index in [0.29, 0.717) is 23.9 Å². The molecule has 1 saturated heterocycles. The predicted molar refractivity (Wildman–Crippen MR) is 97.2 cm³/mol. The van der Waals surface area contributed by atoms with Gasteiger partial charge in [0.25, 0.3) is 5.56 Å². The fourth-order valence-electron chi connectivity index (χ4n) is 3.38. The molecule has 0 spiro atoms. The van der Waals surface area contributed by atoms with Crippen LogP contribution >= 0.6 is 0 Å². The third kappa shape index (κ3) is 3.96. The van der Waals surface area contributed by atoms with Gasteiger partial charge in [0, 0.05) is 18.7 Å². The van der Waals surface area contributed by atoms with Gasteiger partial charge >= 0.3 is 12.1 Å². The standard InChI is InChI=1S/C18H24N4O5/c1-10(23)26-8-11-5-6-13(22(11)17(25)27-18(2,3)4)12-7-19-15-14(12)20-9-21-16(15)24/h7,9,11,13,19H,5-6,8H2,1-4H3,(H,20,21,24)/t11?,13-/m1/s1. The lowest BCUT2D eigenvalue weighted by Gasteiger charge is -2.32. The van der Waals surface area contributed by atoms with Crippen molar-refractivity contribution >= 4 is 23.1 Å². The average molecular weight is 376 g/mol. The molecule has 0 aliphatic carbocycles. The first kappa shape index (κ1) is 18.9. The summed E-state index contributed by atoms with van der Waals surface area (Å²) in [7, 11) is 0. The lowest BCUT2D eigenvalue weighted by Crippen LogP contribution is -2.43. The molecule has 0 radical (unpaired) electrons. The maximum Gasteiger partial charge on any atom is 0.411 e. The van der Waals surface area contributed by atoms with E-state index in [-0.39, 0.29) is 24.2 Å². The highest BCUT2D eigenvalue weighted by atomic mass is 16.6. The molecule has 3 heterocycles. The molecule has 1 aliphatic rings. The topological polar surface area (TPSA) is 117 Å². The van der Waals surface area contributed by atoms with Gasteiger partial charge in [0.2, 0.25) is 0 Å². The third-order valence-corrected chi connectivity index (χ3v) is 4.44. The van der Waals surface area contributed by atoms with Crippen molar-refractivity contribution in [1.82, 2.24) is 19.9 Å². The number of nitrogens with zero attached hydrogens (tertiary/aromatic N) is 2. The van der Waals surface area contributed by atoms with Crippen LogP contribution in [-0.2, 0) is 14.3 Å². The molecule has 1 aliphatic heterocycles. The summed E-state index contributed by atoms with van der Waals surface area (Å²) < 4.78 is 10.7. The normalized spacial score (nSPS) is 20.1. The molecule has 0 saturated carbocycles. The number of esters is 1. The number of fused-ring (bicyclic) bond motifs is 1. The Kier molecular flexibility index (Phi) is 4.95. The van der Waals surface area contributed by atoms with Gasteiger partial charge in [0.15, 0.2) is 0 Å². The maximum absolute atomic E-state index is 12.9. The highest BCUT2D eigenvalue weighted by Gasteiger charge is 2.41. The SMILES string of the molecule is CC(=O)OCC1CC[C@H](c2c[nH]c3c(=O)[nH]cnc23)N1C(=O)OC(C)(C)C. The zero-order valence-electron chi connectivity index (χ0n) is 15.9. The zero-order valence-corrected chi connectivity index (χ0v) is 15.9. The van der Waals surface area contributed by atoms with Crippen LogP contribution in [0.5, 0.6) is 0 Å². The Hall–Kier alpha value is -2.84. The predicted octanol–water partition coefficient (Wildman–Crippen LogP) is 2.25. The Bertz CT molecular complexity index is 910. The summed E-state index contributed by atoms with van der Waals surface area (Å²) in [6.45, 7) is 6.82. The third-order valence-electron chi connectivity index (χ3n) is 4.44. The van der Waals surface area contributed by atoms with Crippen molar-refractivity contribution in [2.75, 3.05) is 6.61 Å². The molecule has 1 fully saturated rings. The van der Waals surface area contributed by atoms with Gasteiger partial charge in [0.05, 0.1) is 18.4 Å². The smallest absolute Gasteiger partial charge is 0.411 e. The van der Waals surface area contributed by atoms with Crippen molar-refractivity contribution in [3.05, 3.63) is 28.4 Å². The quantitative estimate of drug-likeness (QED) is 0.794. The number of likely N-dealkylation sites (tertiary alicyclic amines) is 1. The van der Waals surface area contributed by atoms with Gasteiger partial charge < -0.3 is 19.4 Å². The van der Waals surface area contributed by atoms with E-state index in [2.05, 4.69) is 15.0 Å². The molecule has 2 atom stereocenters. The fourth-order valence-corrected chi connectivity index (χ4v) is 3.38. The van der Waals surface area contributed by atoms with Gasteiger partial charge in [-0.1, -0.05) is 0 Å². The molecular weight excluding hydrogens is 352 g/mol. The van der Waals surface area contributed by atoms with Gasteiger partial charge in [-0.2, -0.15) is 0 Å². The molecule has 1 unspecified atom stereocenters. The minimum absolute atomic E-state index is 0.0987. The van der Waals surface area contributed by atoms with Crippen molar-refractivity contribution < 1.29 is 19.1 Å². The van der Waals surface area contributed by atoms with Crippen molar-refractivity contribution in [1.29, 1.82) is 0 Å². The van der Waals surface area contributed by atoms with Crippen LogP contribution in [0.2, 0.25) is 0 Å². The van der Waals surface area contributed by atoms with Crippen LogP contribution in [0.3, 0.4) is 0 Å². The molecule has 3 rings (SSSR count). The van der Waals surface area contributed by atoms with Crippen LogP contribution in [0.25, 0.3) is 11.0 Å². The van der Waals surface area contributed by atoms with Crippen LogP contribution in [0.15, 0.2) is 17.3 Å². The van der Waals surface area contributed by atoms with E-state index in [1.54, 1.807) is 31.9 Å². The second-order valence-electron chi connectivity index (χ2n) is 7.64. The fraction of sp³-hybridized carbons (Fsp3) is 0.556. The van der Waals surface area contributed by atoms with Crippen LogP contribution in [0.1, 0.15) is 52.1 Å². The van der Waals surface area contributed by atoms with E-state index in [1.165, 1.54) is 13.3 Å². The first-order valence-electron chi connectivity index (χ1n) is 8.86. The molecule has 2 N–H and O–H groups in total. The van der Waals surface area contributed by atoms with Gasteiger partial charge in [-0.3, -0.25) is 14.5 Å². The summed E-state index contributed by atoms with van der Waals surface area (Å²) in [6, 6.07) is -0.635. The molecular formula is C18H24N4O5. The minimum Gasteiger partial charge on any atom is -0.464 e. The monoisotopic (exact) mass is 376 g/mol. The van der Waals surface area contributed by atoms with Gasteiger partial charge in [0.1, 0.15) is 23.2 Å². The molecule has 0 bridgehead atoms. The average Bonchev–Trinajstić information content (AvgIpc) is 3.15. The summed E-state index contributed by atoms with van der Waals surface area (Å²) >= 11 is 0. The van der Waals surface area contributed by atoms with Crippen LogP contribution < -0.4 is 5.56 Å². The Morgan fingerprint density at radius 3 is 2.70 bits per heavy atom. The summed E-state index contributed by atoms with van der Waals surface area (Å²) in [6.07, 6.45) is 3.84. The maximum atomic E-state index is 12.9. The Labute approximate surface area is 156 Å². The van der Waals surface area contributed by atoms with Crippen molar-refractivity contribution in [3.63, 3.8) is 0 Å². The highest BCUT2D eigenvalue weighted by Crippen LogP contribution is 2.39. The van der Waals surface area contributed by atoms with E-state index in [4.69, 9.17) is 9.47 Å². The zero-order chi connectivity index (χ0) is 19.8. The molecule has 27 heavy (non-hydrogen) atoms. The largest absolute Gasteiger partial charge is 0.464 e. The number of carbonyl (C=O) groups excluding carboxylic acids is 2. The first-order chi connectivity index (χ1) is 12.7. The van der Waals surface area contributed by atoms with Gasteiger partial charge in [-0.15, -0.1) is 0 Å². The number of carbonyl (C=O) groups is 2. The molecule has 146 valence electrons. The Balaban J connectivity index is 1.96. The number of nitrogens with one attached hydrogen (secondary N) is 2. The summed E-state index contributed by atoms with van der Waals surface area (Å²) in [4.78, 5) is 47.4. The van der Waals surface area contributed by atoms with Crippen molar-refractivity contribution in [3.8, 4) is 0 Å². The lowest BCUT2D eigenvalue weighted by atomic mass is 10.1. The second-order valence-corrected chi connectivity index (χ2v) is 7.64.